The minimum absolute atomic E-state index is 0.689. The summed E-state index contributed by atoms with van der Waals surface area (Å²) in [5.74, 6) is 1.38. The highest BCUT2D eigenvalue weighted by Crippen LogP contribution is 2.37. The van der Waals surface area contributed by atoms with Gasteiger partial charge in [-0.25, -0.2) is 0 Å². The maximum absolute atomic E-state index is 5.74. The van der Waals surface area contributed by atoms with Crippen LogP contribution in [0.2, 0.25) is 0 Å². The number of nitrogens with two attached hydrogens (primary N) is 2. The van der Waals surface area contributed by atoms with E-state index in [0.717, 1.165) is 33.6 Å². The molecule has 0 heterocycles. The second-order valence-electron chi connectivity index (χ2n) is 6.31. The molecule has 3 rings (SSSR count). The van der Waals surface area contributed by atoms with Gasteiger partial charge in [-0.1, -0.05) is 60.7 Å². The monoisotopic (exact) mass is 372 g/mol. The summed E-state index contributed by atoms with van der Waals surface area (Å²) >= 11 is 0. The lowest BCUT2D eigenvalue weighted by atomic mass is 10.0. The number of nitrogen functional groups attached to an aromatic ring is 2. The average Bonchev–Trinajstić information content (AvgIpc) is 2.72. The van der Waals surface area contributed by atoms with E-state index in [1.807, 2.05) is 85.0 Å². The van der Waals surface area contributed by atoms with Gasteiger partial charge in [-0.15, -0.1) is 0 Å². The fourth-order valence-electron chi connectivity index (χ4n) is 2.86. The maximum atomic E-state index is 5.74. The van der Waals surface area contributed by atoms with Crippen LogP contribution in [0, 0.1) is 0 Å². The van der Waals surface area contributed by atoms with Gasteiger partial charge in [-0.05, 0) is 35.4 Å². The molecule has 0 fully saturated rings. The minimum Gasteiger partial charge on any atom is -0.492 e. The Morgan fingerprint density at radius 2 is 0.893 bits per heavy atom. The van der Waals surface area contributed by atoms with Crippen molar-refractivity contribution in [1.82, 2.24) is 0 Å². The molecule has 0 aliphatic carbocycles. The van der Waals surface area contributed by atoms with Gasteiger partial charge in [-0.2, -0.15) is 0 Å². The van der Waals surface area contributed by atoms with Crippen molar-refractivity contribution in [2.75, 3.05) is 25.7 Å². The van der Waals surface area contributed by atoms with Crippen LogP contribution in [0.5, 0.6) is 11.5 Å². The van der Waals surface area contributed by atoms with E-state index in [-0.39, 0.29) is 0 Å². The quantitative estimate of drug-likeness (QED) is 0.460. The van der Waals surface area contributed by atoms with Gasteiger partial charge in [0.15, 0.2) is 11.5 Å². The molecule has 0 atom stereocenters. The predicted octanol–water partition coefficient (Wildman–Crippen LogP) is 5.21. The largest absolute Gasteiger partial charge is 0.492 e. The molecular formula is C24H24N2O2. The number of hydrogen-bond donors (Lipinski definition) is 2. The summed E-state index contributed by atoms with van der Waals surface area (Å²) in [6.07, 6.45) is 8.03. The van der Waals surface area contributed by atoms with Gasteiger partial charge in [0, 0.05) is 22.5 Å². The number of benzene rings is 3. The van der Waals surface area contributed by atoms with Crippen LogP contribution >= 0.6 is 0 Å². The first-order valence-corrected chi connectivity index (χ1v) is 8.93. The molecule has 142 valence electrons. The highest BCUT2D eigenvalue weighted by Gasteiger charge is 2.12. The third kappa shape index (κ3) is 4.54. The van der Waals surface area contributed by atoms with Crippen molar-refractivity contribution in [3.63, 3.8) is 0 Å². The van der Waals surface area contributed by atoms with E-state index in [1.165, 1.54) is 0 Å². The third-order valence-corrected chi connectivity index (χ3v) is 4.36. The Balaban J connectivity index is 1.91. The van der Waals surface area contributed by atoms with Crippen molar-refractivity contribution >= 4 is 35.7 Å². The van der Waals surface area contributed by atoms with E-state index < -0.39 is 0 Å². The minimum atomic E-state index is 0.689. The van der Waals surface area contributed by atoms with Gasteiger partial charge < -0.3 is 20.9 Å². The van der Waals surface area contributed by atoms with Crippen molar-refractivity contribution in [1.29, 1.82) is 0 Å². The third-order valence-electron chi connectivity index (χ3n) is 4.36. The second-order valence-corrected chi connectivity index (χ2v) is 6.31. The fraction of sp³-hybridized carbons (Fsp3) is 0.0833. The first-order chi connectivity index (χ1) is 13.6. The van der Waals surface area contributed by atoms with Gasteiger partial charge in [0.1, 0.15) is 0 Å². The van der Waals surface area contributed by atoms with Crippen LogP contribution in [-0.4, -0.2) is 14.2 Å². The Hall–Kier alpha value is -3.66. The molecule has 0 amide bonds. The van der Waals surface area contributed by atoms with Gasteiger partial charge in [0.05, 0.1) is 14.2 Å². The molecule has 0 aliphatic rings. The topological polar surface area (TPSA) is 70.5 Å². The number of anilines is 2. The lowest BCUT2D eigenvalue weighted by Gasteiger charge is -2.13. The van der Waals surface area contributed by atoms with Crippen molar-refractivity contribution in [2.45, 2.75) is 0 Å². The van der Waals surface area contributed by atoms with Crippen LogP contribution in [0.15, 0.2) is 60.7 Å². The Morgan fingerprint density at radius 1 is 0.536 bits per heavy atom. The zero-order chi connectivity index (χ0) is 19.9. The molecule has 0 unspecified atom stereocenters. The Morgan fingerprint density at radius 3 is 1.21 bits per heavy atom. The number of ether oxygens (including phenoxy) is 2. The summed E-state index contributed by atoms with van der Waals surface area (Å²) < 4.78 is 11.3. The zero-order valence-electron chi connectivity index (χ0n) is 16.1. The molecule has 0 aliphatic heterocycles. The van der Waals surface area contributed by atoms with Crippen molar-refractivity contribution in [3.05, 3.63) is 82.9 Å². The maximum Gasteiger partial charge on any atom is 0.168 e. The van der Waals surface area contributed by atoms with Crippen LogP contribution in [-0.2, 0) is 0 Å². The first-order valence-electron chi connectivity index (χ1n) is 8.93. The number of hydrogen-bond acceptors (Lipinski definition) is 4. The SMILES string of the molecule is COc1c(C=Cc2ccc(N)cc2)ccc(C=Cc2ccc(N)cc2)c1OC. The summed E-state index contributed by atoms with van der Waals surface area (Å²) in [5, 5.41) is 0. The molecule has 0 radical (unpaired) electrons. The Kier molecular flexibility index (Phi) is 6.02. The highest BCUT2D eigenvalue weighted by molar-refractivity contribution is 5.80. The smallest absolute Gasteiger partial charge is 0.168 e. The van der Waals surface area contributed by atoms with E-state index in [1.54, 1.807) is 14.2 Å². The van der Waals surface area contributed by atoms with Crippen molar-refractivity contribution in [3.8, 4) is 11.5 Å². The standard InChI is InChI=1S/C24H24N2O2/c1-27-23-19(9-3-17-5-13-21(25)14-6-17)11-12-20(24(23)28-2)10-4-18-7-15-22(26)16-8-18/h3-16H,25-26H2,1-2H3. The Bertz CT molecular complexity index is 906. The molecule has 0 saturated carbocycles. The Labute approximate surface area is 165 Å². The summed E-state index contributed by atoms with van der Waals surface area (Å²) in [4.78, 5) is 0. The van der Waals surface area contributed by atoms with E-state index in [2.05, 4.69) is 0 Å². The van der Waals surface area contributed by atoms with Crippen LogP contribution in [0.1, 0.15) is 22.3 Å². The summed E-state index contributed by atoms with van der Waals surface area (Å²) in [7, 11) is 3.29. The van der Waals surface area contributed by atoms with Crippen LogP contribution in [0.4, 0.5) is 11.4 Å². The van der Waals surface area contributed by atoms with Gasteiger partial charge in [0.25, 0.3) is 0 Å². The molecule has 0 bridgehead atoms. The van der Waals surface area contributed by atoms with Crippen LogP contribution < -0.4 is 20.9 Å². The first kappa shape index (κ1) is 19.1. The highest BCUT2D eigenvalue weighted by atomic mass is 16.5. The predicted molar refractivity (Wildman–Crippen MR) is 119 cm³/mol. The van der Waals surface area contributed by atoms with E-state index in [0.29, 0.717) is 11.5 Å². The molecule has 4 N–H and O–H groups in total. The molecule has 0 saturated heterocycles. The molecule has 0 spiro atoms. The number of methoxy groups -OCH3 is 2. The van der Waals surface area contributed by atoms with Gasteiger partial charge in [0.2, 0.25) is 0 Å². The van der Waals surface area contributed by atoms with Gasteiger partial charge >= 0.3 is 0 Å². The molecule has 3 aromatic carbocycles. The van der Waals surface area contributed by atoms with E-state index >= 15 is 0 Å². The summed E-state index contributed by atoms with van der Waals surface area (Å²) in [6, 6.07) is 19.4. The summed E-state index contributed by atoms with van der Waals surface area (Å²) in [5.41, 5.74) is 16.9. The van der Waals surface area contributed by atoms with Crippen molar-refractivity contribution in [2.24, 2.45) is 0 Å². The van der Waals surface area contributed by atoms with Crippen LogP contribution in [0.3, 0.4) is 0 Å². The normalized spacial score (nSPS) is 11.2. The molecular weight excluding hydrogens is 348 g/mol. The number of rotatable bonds is 6. The average molecular weight is 372 g/mol. The molecule has 3 aromatic rings. The lowest BCUT2D eigenvalue weighted by molar-refractivity contribution is 0.354. The van der Waals surface area contributed by atoms with E-state index in [4.69, 9.17) is 20.9 Å². The summed E-state index contributed by atoms with van der Waals surface area (Å²) in [6.45, 7) is 0. The molecule has 4 heteroatoms. The zero-order valence-corrected chi connectivity index (χ0v) is 16.1. The molecule has 0 aromatic heterocycles. The van der Waals surface area contributed by atoms with Gasteiger partial charge in [-0.3, -0.25) is 0 Å². The molecule has 4 nitrogen and oxygen atoms in total. The molecule has 28 heavy (non-hydrogen) atoms. The lowest BCUT2D eigenvalue weighted by Crippen LogP contribution is -1.95. The fourth-order valence-corrected chi connectivity index (χ4v) is 2.86. The van der Waals surface area contributed by atoms with Crippen molar-refractivity contribution < 1.29 is 9.47 Å². The second kappa shape index (κ2) is 8.82. The van der Waals surface area contributed by atoms with E-state index in [9.17, 15) is 0 Å². The van der Waals surface area contributed by atoms with Crippen LogP contribution in [0.25, 0.3) is 24.3 Å².